The quantitative estimate of drug-likeness (QED) is 0.401. The highest BCUT2D eigenvalue weighted by Gasteiger charge is 2.36. The molecule has 0 unspecified atom stereocenters. The summed E-state index contributed by atoms with van der Waals surface area (Å²) in [5.41, 5.74) is 0.0237. The fourth-order valence-electron chi connectivity index (χ4n) is 3.68. The fraction of sp³-hybridized carbons (Fsp3) is 0.333. The van der Waals surface area contributed by atoms with E-state index >= 15 is 0 Å². The van der Waals surface area contributed by atoms with Crippen LogP contribution in [0.5, 0.6) is 5.75 Å². The molecule has 2 N–H and O–H groups in total. The standard InChI is InChI=1S/C24H24F2IN5O3/c1-13-19(11-29-22(13)33)23(34)30-21-8-20(32(31-21)17-6-15(25)9-28-10-17)14-4-16(27)7-18(5-14)35-12-24(2,3)26/h4-10,13,19H,11-12H2,1-3H3,(H,29,33)(H,30,31,34)/t13-,19+/m1/s1. The van der Waals surface area contributed by atoms with E-state index in [0.717, 1.165) is 9.77 Å². The lowest BCUT2D eigenvalue weighted by molar-refractivity contribution is -0.126. The Morgan fingerprint density at radius 1 is 1.29 bits per heavy atom. The van der Waals surface area contributed by atoms with Crippen molar-refractivity contribution in [3.05, 3.63) is 52.1 Å². The minimum Gasteiger partial charge on any atom is -0.490 e. The van der Waals surface area contributed by atoms with Crippen LogP contribution in [0.15, 0.2) is 42.7 Å². The van der Waals surface area contributed by atoms with E-state index in [1.807, 2.05) is 6.07 Å². The zero-order valence-corrected chi connectivity index (χ0v) is 21.5. The minimum atomic E-state index is -1.51. The monoisotopic (exact) mass is 595 g/mol. The zero-order chi connectivity index (χ0) is 25.3. The van der Waals surface area contributed by atoms with Crippen molar-refractivity contribution < 1.29 is 23.1 Å². The van der Waals surface area contributed by atoms with Crippen LogP contribution in [0.3, 0.4) is 0 Å². The molecule has 35 heavy (non-hydrogen) atoms. The number of carbonyl (C=O) groups is 2. The Morgan fingerprint density at radius 2 is 2.06 bits per heavy atom. The summed E-state index contributed by atoms with van der Waals surface area (Å²) in [4.78, 5) is 28.5. The van der Waals surface area contributed by atoms with Crippen molar-refractivity contribution in [2.75, 3.05) is 18.5 Å². The maximum absolute atomic E-state index is 14.0. The summed E-state index contributed by atoms with van der Waals surface area (Å²) in [5, 5.41) is 9.91. The molecule has 0 spiro atoms. The summed E-state index contributed by atoms with van der Waals surface area (Å²) in [6.07, 6.45) is 2.53. The van der Waals surface area contributed by atoms with E-state index in [0.29, 0.717) is 22.7 Å². The zero-order valence-electron chi connectivity index (χ0n) is 19.3. The smallest absolute Gasteiger partial charge is 0.231 e. The summed E-state index contributed by atoms with van der Waals surface area (Å²) in [6, 6.07) is 8.27. The van der Waals surface area contributed by atoms with Crippen LogP contribution in [0, 0.1) is 21.2 Å². The number of anilines is 1. The number of amides is 2. The number of ether oxygens (including phenoxy) is 1. The number of rotatable bonds is 7. The van der Waals surface area contributed by atoms with Crippen LogP contribution in [0.25, 0.3) is 16.9 Å². The number of carbonyl (C=O) groups excluding carboxylic acids is 2. The average molecular weight is 595 g/mol. The van der Waals surface area contributed by atoms with E-state index in [-0.39, 0.29) is 30.8 Å². The van der Waals surface area contributed by atoms with Crippen LogP contribution < -0.4 is 15.4 Å². The van der Waals surface area contributed by atoms with E-state index in [4.69, 9.17) is 4.74 Å². The predicted octanol–water partition coefficient (Wildman–Crippen LogP) is 4.13. The predicted molar refractivity (Wildman–Crippen MR) is 134 cm³/mol. The molecule has 1 saturated heterocycles. The van der Waals surface area contributed by atoms with Crippen molar-refractivity contribution in [1.82, 2.24) is 20.1 Å². The minimum absolute atomic E-state index is 0.132. The summed E-state index contributed by atoms with van der Waals surface area (Å²) in [5.74, 6) is -1.38. The van der Waals surface area contributed by atoms with Crippen LogP contribution in [0.1, 0.15) is 20.8 Å². The van der Waals surface area contributed by atoms with Gasteiger partial charge in [-0.2, -0.15) is 0 Å². The van der Waals surface area contributed by atoms with Crippen LogP contribution in [0.4, 0.5) is 14.6 Å². The summed E-state index contributed by atoms with van der Waals surface area (Å²) < 4.78 is 35.9. The van der Waals surface area contributed by atoms with Gasteiger partial charge in [-0.15, -0.1) is 5.10 Å². The molecule has 0 bridgehead atoms. The number of alkyl halides is 1. The second-order valence-electron chi connectivity index (χ2n) is 9.00. The maximum Gasteiger partial charge on any atom is 0.231 e. The second-order valence-corrected chi connectivity index (χ2v) is 10.2. The molecule has 1 aromatic carbocycles. The van der Waals surface area contributed by atoms with Gasteiger partial charge in [0.15, 0.2) is 5.82 Å². The van der Waals surface area contributed by atoms with E-state index in [1.165, 1.54) is 30.8 Å². The number of nitrogens with one attached hydrogen (secondary N) is 2. The summed E-state index contributed by atoms with van der Waals surface area (Å²) >= 11 is 2.12. The Hall–Kier alpha value is -3.09. The number of aromatic nitrogens is 3. The van der Waals surface area contributed by atoms with Gasteiger partial charge in [0.25, 0.3) is 0 Å². The van der Waals surface area contributed by atoms with Gasteiger partial charge in [-0.05, 0) is 54.6 Å². The first-order valence-corrected chi connectivity index (χ1v) is 12.0. The third kappa shape index (κ3) is 5.95. The molecule has 8 nitrogen and oxygen atoms in total. The van der Waals surface area contributed by atoms with Gasteiger partial charge in [-0.3, -0.25) is 14.6 Å². The SMILES string of the molecule is C[C@H]1C(=O)NC[C@@H]1C(=O)Nc1cc(-c2cc(I)cc(OCC(C)(C)F)c2)n(-c2cncc(F)c2)n1. The molecule has 1 aliphatic rings. The highest BCUT2D eigenvalue weighted by atomic mass is 127. The first kappa shape index (κ1) is 25.0. The van der Waals surface area contributed by atoms with Crippen molar-refractivity contribution in [3.63, 3.8) is 0 Å². The van der Waals surface area contributed by atoms with Crippen LogP contribution >= 0.6 is 22.6 Å². The topological polar surface area (TPSA) is 98.1 Å². The van der Waals surface area contributed by atoms with Crippen LogP contribution in [-0.2, 0) is 9.59 Å². The van der Waals surface area contributed by atoms with E-state index in [1.54, 1.807) is 25.1 Å². The molecule has 4 rings (SSSR count). The molecule has 0 aliphatic carbocycles. The molecular weight excluding hydrogens is 571 g/mol. The summed E-state index contributed by atoms with van der Waals surface area (Å²) in [6.45, 7) is 4.66. The van der Waals surface area contributed by atoms with Gasteiger partial charge in [0.05, 0.1) is 29.7 Å². The normalized spacial score (nSPS) is 17.8. The molecule has 3 heterocycles. The van der Waals surface area contributed by atoms with Crippen molar-refractivity contribution in [1.29, 1.82) is 0 Å². The number of halogens is 3. The first-order chi connectivity index (χ1) is 16.5. The van der Waals surface area contributed by atoms with Crippen LogP contribution in [-0.4, -0.2) is 45.4 Å². The molecule has 1 aliphatic heterocycles. The molecule has 1 fully saturated rings. The lowest BCUT2D eigenvalue weighted by Crippen LogP contribution is -2.28. The number of hydrogen-bond acceptors (Lipinski definition) is 5. The number of pyridine rings is 1. The molecular formula is C24H24F2IN5O3. The van der Waals surface area contributed by atoms with Crippen molar-refractivity contribution in [2.45, 2.75) is 26.4 Å². The molecule has 2 amide bonds. The number of nitrogens with zero attached hydrogens (tertiary/aromatic N) is 3. The largest absolute Gasteiger partial charge is 0.490 e. The van der Waals surface area contributed by atoms with Gasteiger partial charge >= 0.3 is 0 Å². The molecule has 3 aromatic rings. The Kier molecular flexibility index (Phi) is 7.06. The number of benzene rings is 1. The molecule has 0 radical (unpaired) electrons. The van der Waals surface area contributed by atoms with E-state index < -0.39 is 23.3 Å². The Bertz CT molecular complexity index is 1270. The average Bonchev–Trinajstić information content (AvgIpc) is 3.35. The highest BCUT2D eigenvalue weighted by Crippen LogP contribution is 2.32. The Balaban J connectivity index is 1.72. The third-order valence-corrected chi connectivity index (χ3v) is 6.12. The van der Waals surface area contributed by atoms with Gasteiger partial charge in [0, 0.05) is 33.7 Å². The molecule has 2 atom stereocenters. The van der Waals surface area contributed by atoms with Crippen molar-refractivity contribution >= 4 is 40.2 Å². The third-order valence-electron chi connectivity index (χ3n) is 5.49. The Labute approximate surface area is 214 Å². The fourth-order valence-corrected chi connectivity index (χ4v) is 4.32. The van der Waals surface area contributed by atoms with Crippen molar-refractivity contribution in [2.24, 2.45) is 11.8 Å². The lowest BCUT2D eigenvalue weighted by atomic mass is 9.97. The molecule has 2 aromatic heterocycles. The Morgan fingerprint density at radius 3 is 2.71 bits per heavy atom. The van der Waals surface area contributed by atoms with E-state index in [2.05, 4.69) is 43.3 Å². The highest BCUT2D eigenvalue weighted by molar-refractivity contribution is 14.1. The van der Waals surface area contributed by atoms with Crippen LogP contribution in [0.2, 0.25) is 0 Å². The lowest BCUT2D eigenvalue weighted by Gasteiger charge is -2.16. The molecule has 11 heteroatoms. The number of hydrogen-bond donors (Lipinski definition) is 2. The van der Waals surface area contributed by atoms with Gasteiger partial charge in [-0.1, -0.05) is 6.92 Å². The maximum atomic E-state index is 14.0. The first-order valence-electron chi connectivity index (χ1n) is 10.9. The van der Waals surface area contributed by atoms with Gasteiger partial charge in [0.1, 0.15) is 23.8 Å². The van der Waals surface area contributed by atoms with Gasteiger partial charge in [0.2, 0.25) is 11.8 Å². The van der Waals surface area contributed by atoms with Gasteiger partial charge < -0.3 is 15.4 Å². The molecule has 0 saturated carbocycles. The van der Waals surface area contributed by atoms with Crippen molar-refractivity contribution in [3.8, 4) is 22.7 Å². The summed E-state index contributed by atoms with van der Waals surface area (Å²) in [7, 11) is 0. The molecule has 184 valence electrons. The van der Waals surface area contributed by atoms with Gasteiger partial charge in [-0.25, -0.2) is 13.5 Å². The second kappa shape index (κ2) is 9.88. The van der Waals surface area contributed by atoms with E-state index in [9.17, 15) is 18.4 Å².